The number of nitrogens with zero attached hydrogens (tertiary/aromatic N) is 3. The van der Waals surface area contributed by atoms with Gasteiger partial charge in [-0.1, -0.05) is 0 Å². The molecule has 0 spiro atoms. The molecule has 0 atom stereocenters. The summed E-state index contributed by atoms with van der Waals surface area (Å²) >= 11 is 0. The maximum Gasteiger partial charge on any atom is 0.269 e. The van der Waals surface area contributed by atoms with Crippen molar-refractivity contribution < 1.29 is 13.3 Å². The number of hydrogen-bond donors (Lipinski definition) is 1. The molecule has 0 saturated heterocycles. The fraction of sp³-hybridized carbons (Fsp3) is 0.308. The molecule has 0 unspecified atom stereocenters. The Hall–Kier alpha value is -2.26. The summed E-state index contributed by atoms with van der Waals surface area (Å²) in [6.45, 7) is 2.80. The molecule has 118 valence electrons. The normalized spacial score (nSPS) is 11.5. The summed E-state index contributed by atoms with van der Waals surface area (Å²) in [5.74, 6) is 0. The molecule has 22 heavy (non-hydrogen) atoms. The molecule has 1 aromatic carbocycles. The van der Waals surface area contributed by atoms with Gasteiger partial charge in [-0.25, -0.2) is 13.1 Å². The fourth-order valence-electron chi connectivity index (χ4n) is 1.90. The maximum atomic E-state index is 12.0. The van der Waals surface area contributed by atoms with Gasteiger partial charge in [-0.15, -0.1) is 0 Å². The number of hydrogen-bond acceptors (Lipinski definition) is 5. The van der Waals surface area contributed by atoms with Gasteiger partial charge < -0.3 is 0 Å². The summed E-state index contributed by atoms with van der Waals surface area (Å²) in [4.78, 5) is 9.98. The highest BCUT2D eigenvalue weighted by Crippen LogP contribution is 2.15. The van der Waals surface area contributed by atoms with Crippen molar-refractivity contribution in [2.45, 2.75) is 24.8 Å². The summed E-state index contributed by atoms with van der Waals surface area (Å²) in [6.07, 6.45) is 2.28. The van der Waals surface area contributed by atoms with Crippen LogP contribution in [0.4, 0.5) is 5.69 Å². The molecular weight excluding hydrogens is 308 g/mol. The predicted octanol–water partition coefficient (Wildman–Crippen LogP) is 1.47. The van der Waals surface area contributed by atoms with Crippen LogP contribution in [0.25, 0.3) is 0 Å². The van der Waals surface area contributed by atoms with E-state index in [2.05, 4.69) is 9.82 Å². The summed E-state index contributed by atoms with van der Waals surface area (Å²) < 4.78 is 28.3. The van der Waals surface area contributed by atoms with Crippen LogP contribution in [0.5, 0.6) is 0 Å². The van der Waals surface area contributed by atoms with Crippen LogP contribution in [0.15, 0.2) is 41.4 Å². The van der Waals surface area contributed by atoms with Crippen molar-refractivity contribution in [1.29, 1.82) is 0 Å². The quantitative estimate of drug-likeness (QED) is 0.471. The number of aromatic nitrogens is 2. The van der Waals surface area contributed by atoms with E-state index in [0.717, 1.165) is 5.69 Å². The SMILES string of the molecule is Cc1ccnn1CCCNS(=O)(=O)c1ccc([N+](=O)[O-])cc1. The lowest BCUT2D eigenvalue weighted by molar-refractivity contribution is -0.384. The first kappa shape index (κ1) is 16.1. The number of sulfonamides is 1. The third kappa shape index (κ3) is 3.89. The summed E-state index contributed by atoms with van der Waals surface area (Å²) in [7, 11) is -3.66. The molecule has 0 radical (unpaired) electrons. The molecule has 0 aliphatic rings. The minimum atomic E-state index is -3.66. The molecule has 0 bridgehead atoms. The summed E-state index contributed by atoms with van der Waals surface area (Å²) in [6, 6.07) is 6.65. The van der Waals surface area contributed by atoms with Crippen molar-refractivity contribution in [2.75, 3.05) is 6.54 Å². The Bertz CT molecular complexity index is 753. The maximum absolute atomic E-state index is 12.0. The smallest absolute Gasteiger partial charge is 0.269 e. The minimum Gasteiger partial charge on any atom is -0.270 e. The van der Waals surface area contributed by atoms with Crippen molar-refractivity contribution in [3.8, 4) is 0 Å². The van der Waals surface area contributed by atoms with Gasteiger partial charge in [0.1, 0.15) is 0 Å². The molecule has 1 N–H and O–H groups in total. The molecule has 0 saturated carbocycles. The van der Waals surface area contributed by atoms with Crippen molar-refractivity contribution in [3.05, 3.63) is 52.3 Å². The largest absolute Gasteiger partial charge is 0.270 e. The molecule has 2 aromatic rings. The van der Waals surface area contributed by atoms with Crippen LogP contribution in [-0.4, -0.2) is 29.7 Å². The molecular formula is C13H16N4O4S. The lowest BCUT2D eigenvalue weighted by Gasteiger charge is -2.07. The summed E-state index contributed by atoms with van der Waals surface area (Å²) in [5.41, 5.74) is 0.867. The third-order valence-electron chi connectivity index (χ3n) is 3.13. The Morgan fingerprint density at radius 1 is 1.27 bits per heavy atom. The van der Waals surface area contributed by atoms with Crippen LogP contribution in [0.1, 0.15) is 12.1 Å². The van der Waals surface area contributed by atoms with E-state index in [9.17, 15) is 18.5 Å². The van der Waals surface area contributed by atoms with Gasteiger partial charge in [0.05, 0.1) is 9.82 Å². The van der Waals surface area contributed by atoms with Crippen molar-refractivity contribution >= 4 is 15.7 Å². The van der Waals surface area contributed by atoms with E-state index in [1.54, 1.807) is 10.9 Å². The Balaban J connectivity index is 1.90. The molecule has 2 rings (SSSR count). The molecule has 0 fully saturated rings. The Kier molecular flexibility index (Phi) is 4.88. The van der Waals surface area contributed by atoms with Crippen LogP contribution in [0, 0.1) is 17.0 Å². The van der Waals surface area contributed by atoms with Crippen molar-refractivity contribution in [2.24, 2.45) is 0 Å². The monoisotopic (exact) mass is 324 g/mol. The molecule has 0 aliphatic carbocycles. The molecule has 1 aromatic heterocycles. The van der Waals surface area contributed by atoms with Crippen molar-refractivity contribution in [1.82, 2.24) is 14.5 Å². The van der Waals surface area contributed by atoms with Gasteiger partial charge >= 0.3 is 0 Å². The molecule has 1 heterocycles. The number of aryl methyl sites for hydroxylation is 2. The zero-order valence-corrected chi connectivity index (χ0v) is 12.8. The molecule has 0 amide bonds. The highest BCUT2D eigenvalue weighted by atomic mass is 32.2. The van der Waals surface area contributed by atoms with Gasteiger partial charge in [-0.2, -0.15) is 5.10 Å². The van der Waals surface area contributed by atoms with Gasteiger partial charge in [-0.05, 0) is 31.5 Å². The number of rotatable bonds is 7. The van der Waals surface area contributed by atoms with Gasteiger partial charge in [0.2, 0.25) is 10.0 Å². The van der Waals surface area contributed by atoms with Crippen LogP contribution in [0.3, 0.4) is 0 Å². The predicted molar refractivity (Wildman–Crippen MR) is 79.9 cm³/mol. The van der Waals surface area contributed by atoms with Crippen LogP contribution < -0.4 is 4.72 Å². The number of benzene rings is 1. The third-order valence-corrected chi connectivity index (χ3v) is 4.60. The van der Waals surface area contributed by atoms with E-state index >= 15 is 0 Å². The number of nitrogens with one attached hydrogen (secondary N) is 1. The Labute approximate surface area is 128 Å². The van der Waals surface area contributed by atoms with Gasteiger partial charge in [0.15, 0.2) is 0 Å². The fourth-order valence-corrected chi connectivity index (χ4v) is 2.97. The number of nitro groups is 1. The van der Waals surface area contributed by atoms with E-state index in [-0.39, 0.29) is 17.1 Å². The van der Waals surface area contributed by atoms with Crippen LogP contribution in [0.2, 0.25) is 0 Å². The molecule has 9 heteroatoms. The number of non-ortho nitro benzene ring substituents is 1. The first-order valence-corrected chi connectivity index (χ1v) is 8.11. The van der Waals surface area contributed by atoms with Crippen molar-refractivity contribution in [3.63, 3.8) is 0 Å². The Morgan fingerprint density at radius 3 is 2.50 bits per heavy atom. The van der Waals surface area contributed by atoms with Gasteiger partial charge in [0, 0.05) is 37.1 Å². The topological polar surface area (TPSA) is 107 Å². The van der Waals surface area contributed by atoms with E-state index < -0.39 is 14.9 Å². The summed E-state index contributed by atoms with van der Waals surface area (Å²) in [5, 5.41) is 14.7. The van der Waals surface area contributed by atoms with E-state index in [0.29, 0.717) is 13.0 Å². The van der Waals surface area contributed by atoms with Gasteiger partial charge in [0.25, 0.3) is 5.69 Å². The van der Waals surface area contributed by atoms with E-state index in [1.807, 2.05) is 13.0 Å². The second kappa shape index (κ2) is 6.67. The lowest BCUT2D eigenvalue weighted by atomic mass is 10.3. The second-order valence-corrected chi connectivity index (χ2v) is 6.47. The lowest BCUT2D eigenvalue weighted by Crippen LogP contribution is -2.25. The first-order valence-electron chi connectivity index (χ1n) is 6.63. The van der Waals surface area contributed by atoms with Gasteiger partial charge in [-0.3, -0.25) is 14.8 Å². The first-order chi connectivity index (χ1) is 10.4. The highest BCUT2D eigenvalue weighted by molar-refractivity contribution is 7.89. The standard InChI is InChI=1S/C13H16N4O4S/c1-11-7-9-14-16(11)10-2-8-15-22(20,21)13-5-3-12(4-6-13)17(18)19/h3-7,9,15H,2,8,10H2,1H3. The minimum absolute atomic E-state index is 0.00775. The highest BCUT2D eigenvalue weighted by Gasteiger charge is 2.15. The average Bonchev–Trinajstić information content (AvgIpc) is 2.89. The Morgan fingerprint density at radius 2 is 1.95 bits per heavy atom. The van der Waals surface area contributed by atoms with E-state index in [4.69, 9.17) is 0 Å². The zero-order chi connectivity index (χ0) is 16.2. The number of nitro benzene ring substituents is 1. The molecule has 0 aliphatic heterocycles. The van der Waals surface area contributed by atoms with E-state index in [1.165, 1.54) is 24.3 Å². The van der Waals surface area contributed by atoms with Crippen LogP contribution >= 0.6 is 0 Å². The van der Waals surface area contributed by atoms with Crippen LogP contribution in [-0.2, 0) is 16.6 Å². The molecule has 8 nitrogen and oxygen atoms in total. The second-order valence-electron chi connectivity index (χ2n) is 4.70. The average molecular weight is 324 g/mol. The zero-order valence-electron chi connectivity index (χ0n) is 12.0.